The van der Waals surface area contributed by atoms with Gasteiger partial charge in [0.25, 0.3) is 0 Å². The third-order valence-electron chi connectivity index (χ3n) is 6.70. The number of nitrogens with one attached hydrogen (secondary N) is 2. The minimum absolute atomic E-state index is 0.538. The summed E-state index contributed by atoms with van der Waals surface area (Å²) in [5.74, 6) is 4.57. The van der Waals surface area contributed by atoms with E-state index in [1.807, 2.05) is 60.7 Å². The van der Waals surface area contributed by atoms with Crippen LogP contribution in [0.1, 0.15) is 0 Å². The number of hydrogen-bond acceptors (Lipinski definition) is 10. The minimum Gasteiger partial charge on any atom is -0.494 e. The van der Waals surface area contributed by atoms with Crippen LogP contribution in [0, 0.1) is 0 Å². The highest BCUT2D eigenvalue weighted by Gasteiger charge is 2.21. The molecule has 0 radical (unpaired) electrons. The van der Waals surface area contributed by atoms with Crippen molar-refractivity contribution >= 4 is 22.7 Å². The van der Waals surface area contributed by atoms with E-state index in [0.29, 0.717) is 68.7 Å². The first-order chi connectivity index (χ1) is 20.5. The van der Waals surface area contributed by atoms with Gasteiger partial charge in [0.2, 0.25) is 0 Å². The van der Waals surface area contributed by atoms with E-state index in [-0.39, 0.29) is 0 Å². The van der Waals surface area contributed by atoms with Crippen molar-refractivity contribution in [1.29, 1.82) is 0 Å². The molecule has 0 saturated heterocycles. The third kappa shape index (κ3) is 5.83. The Morgan fingerprint density at radius 3 is 0.762 bits per heavy atom. The van der Waals surface area contributed by atoms with Crippen LogP contribution in [0.5, 0.6) is 46.0 Å². The van der Waals surface area contributed by atoms with Crippen LogP contribution in [0.2, 0.25) is 0 Å². The molecule has 0 amide bonds. The van der Waals surface area contributed by atoms with Crippen molar-refractivity contribution in [2.75, 3.05) is 67.5 Å². The van der Waals surface area contributed by atoms with Crippen molar-refractivity contribution in [3.8, 4) is 57.1 Å². The molecule has 0 aliphatic rings. The Bertz CT molecular complexity index is 1330. The van der Waals surface area contributed by atoms with Crippen molar-refractivity contribution in [3.05, 3.63) is 60.7 Å². The third-order valence-corrected chi connectivity index (χ3v) is 6.70. The van der Waals surface area contributed by atoms with Crippen LogP contribution in [-0.4, -0.2) is 56.9 Å². The lowest BCUT2D eigenvalue weighted by molar-refractivity contribution is 0.393. The van der Waals surface area contributed by atoms with E-state index in [1.54, 1.807) is 56.9 Å². The summed E-state index contributed by atoms with van der Waals surface area (Å²) in [5, 5.41) is 6.76. The maximum atomic E-state index is 5.81. The number of rotatable bonds is 13. The minimum atomic E-state index is 0.538. The summed E-state index contributed by atoms with van der Waals surface area (Å²) in [5.41, 5.74) is 4.09. The topological polar surface area (TPSA) is 97.9 Å². The van der Waals surface area contributed by atoms with E-state index in [9.17, 15) is 0 Å². The molecule has 4 aromatic carbocycles. The maximum absolute atomic E-state index is 5.81. The molecule has 0 unspecified atom stereocenters. The second-order valence-corrected chi connectivity index (χ2v) is 8.84. The summed E-state index contributed by atoms with van der Waals surface area (Å²) in [6.07, 6.45) is 0. The van der Waals surface area contributed by atoms with Gasteiger partial charge >= 0.3 is 0 Å². The molecule has 0 bridgehead atoms. The standard InChI is InChI=1S/C32H36N2O8/c1-35-21-11-9-12-22(36-2)29(21)33-31-25(39-5)15-19(16-26(31)40-6)20-17-27(41-7)32(28(18-20)42-8)34-30-23(37-3)13-10-14-24(30)38-4/h9-18,33-34H,1-8H3. The van der Waals surface area contributed by atoms with Crippen LogP contribution in [-0.2, 0) is 0 Å². The molecule has 0 aromatic heterocycles. The van der Waals surface area contributed by atoms with Gasteiger partial charge in [0.1, 0.15) is 68.7 Å². The molecule has 222 valence electrons. The fourth-order valence-corrected chi connectivity index (χ4v) is 4.60. The monoisotopic (exact) mass is 576 g/mol. The molecule has 10 heteroatoms. The predicted molar refractivity (Wildman–Crippen MR) is 164 cm³/mol. The summed E-state index contributed by atoms with van der Waals surface area (Å²) in [6, 6.07) is 18.7. The SMILES string of the molecule is COc1cccc(OC)c1Nc1c(OC)cc(-c2cc(OC)c(Nc3c(OC)cccc3OC)c(OC)c2)cc1OC. The first-order valence-electron chi connectivity index (χ1n) is 12.9. The van der Waals surface area contributed by atoms with Gasteiger partial charge in [-0.25, -0.2) is 0 Å². The van der Waals surface area contributed by atoms with E-state index in [1.165, 1.54) is 0 Å². The largest absolute Gasteiger partial charge is 0.494 e. The van der Waals surface area contributed by atoms with Gasteiger partial charge in [0.05, 0.1) is 56.9 Å². The summed E-state index contributed by atoms with van der Waals surface area (Å²) in [7, 11) is 12.8. The molecule has 4 aromatic rings. The van der Waals surface area contributed by atoms with Crippen LogP contribution in [0.4, 0.5) is 22.7 Å². The Morgan fingerprint density at radius 1 is 0.333 bits per heavy atom. The fraction of sp³-hybridized carbons (Fsp3) is 0.250. The van der Waals surface area contributed by atoms with Gasteiger partial charge in [-0.05, 0) is 59.7 Å². The summed E-state index contributed by atoms with van der Waals surface area (Å²) in [4.78, 5) is 0. The van der Waals surface area contributed by atoms with Crippen molar-refractivity contribution in [3.63, 3.8) is 0 Å². The molecule has 0 aliphatic heterocycles. The number of benzene rings is 4. The number of ether oxygens (including phenoxy) is 8. The molecule has 0 saturated carbocycles. The van der Waals surface area contributed by atoms with E-state index >= 15 is 0 Å². The molecule has 10 nitrogen and oxygen atoms in total. The molecular formula is C32H36N2O8. The quantitative estimate of drug-likeness (QED) is 0.175. The van der Waals surface area contributed by atoms with Gasteiger partial charge in [-0.1, -0.05) is 12.1 Å². The molecule has 4 rings (SSSR count). The Kier molecular flexibility index (Phi) is 9.59. The lowest BCUT2D eigenvalue weighted by Crippen LogP contribution is -2.03. The molecule has 0 spiro atoms. The van der Waals surface area contributed by atoms with Crippen LogP contribution in [0.3, 0.4) is 0 Å². The second-order valence-electron chi connectivity index (χ2n) is 8.84. The van der Waals surface area contributed by atoms with Crippen LogP contribution in [0.15, 0.2) is 60.7 Å². The van der Waals surface area contributed by atoms with Crippen LogP contribution >= 0.6 is 0 Å². The molecule has 0 heterocycles. The Hall–Kier alpha value is -5.12. The zero-order chi connectivity index (χ0) is 30.2. The van der Waals surface area contributed by atoms with Crippen LogP contribution < -0.4 is 48.5 Å². The van der Waals surface area contributed by atoms with Crippen molar-refractivity contribution in [2.24, 2.45) is 0 Å². The summed E-state index contributed by atoms with van der Waals surface area (Å²) >= 11 is 0. The van der Waals surface area contributed by atoms with Crippen LogP contribution in [0.25, 0.3) is 11.1 Å². The Balaban J connectivity index is 1.82. The molecular weight excluding hydrogens is 540 g/mol. The first-order valence-corrected chi connectivity index (χ1v) is 12.9. The highest BCUT2D eigenvalue weighted by Crippen LogP contribution is 2.48. The molecule has 0 aliphatic carbocycles. The fourth-order valence-electron chi connectivity index (χ4n) is 4.60. The smallest absolute Gasteiger partial charge is 0.146 e. The highest BCUT2D eigenvalue weighted by atomic mass is 16.5. The Morgan fingerprint density at radius 2 is 0.548 bits per heavy atom. The summed E-state index contributed by atoms with van der Waals surface area (Å²) in [6.45, 7) is 0. The van der Waals surface area contributed by atoms with Crippen molar-refractivity contribution in [2.45, 2.75) is 0 Å². The number of methoxy groups -OCH3 is 8. The van der Waals surface area contributed by atoms with E-state index in [0.717, 1.165) is 11.1 Å². The van der Waals surface area contributed by atoms with Gasteiger partial charge in [-0.3, -0.25) is 0 Å². The van der Waals surface area contributed by atoms with E-state index < -0.39 is 0 Å². The van der Waals surface area contributed by atoms with Crippen molar-refractivity contribution < 1.29 is 37.9 Å². The molecule has 0 atom stereocenters. The zero-order valence-corrected chi connectivity index (χ0v) is 25.0. The second kappa shape index (κ2) is 13.5. The van der Waals surface area contributed by atoms with E-state index in [2.05, 4.69) is 10.6 Å². The molecule has 0 fully saturated rings. The van der Waals surface area contributed by atoms with Gasteiger partial charge < -0.3 is 48.5 Å². The molecule has 42 heavy (non-hydrogen) atoms. The summed E-state index contributed by atoms with van der Waals surface area (Å²) < 4.78 is 45.5. The molecule has 2 N–H and O–H groups in total. The average Bonchev–Trinajstić information content (AvgIpc) is 3.04. The van der Waals surface area contributed by atoms with Gasteiger partial charge in [0.15, 0.2) is 0 Å². The normalized spacial score (nSPS) is 10.4. The Labute approximate surface area is 246 Å². The first kappa shape index (κ1) is 29.9. The lowest BCUT2D eigenvalue weighted by atomic mass is 10.0. The van der Waals surface area contributed by atoms with Gasteiger partial charge in [0, 0.05) is 0 Å². The van der Waals surface area contributed by atoms with Crippen molar-refractivity contribution in [1.82, 2.24) is 0 Å². The maximum Gasteiger partial charge on any atom is 0.146 e. The van der Waals surface area contributed by atoms with E-state index in [4.69, 9.17) is 37.9 Å². The number of para-hydroxylation sites is 2. The number of anilines is 4. The predicted octanol–water partition coefficient (Wildman–Crippen LogP) is 6.91. The zero-order valence-electron chi connectivity index (χ0n) is 25.0. The number of hydrogen-bond donors (Lipinski definition) is 2. The van der Waals surface area contributed by atoms with Gasteiger partial charge in [-0.15, -0.1) is 0 Å². The lowest BCUT2D eigenvalue weighted by Gasteiger charge is -2.21. The average molecular weight is 577 g/mol. The van der Waals surface area contributed by atoms with Gasteiger partial charge in [-0.2, -0.15) is 0 Å². The highest BCUT2D eigenvalue weighted by molar-refractivity contribution is 5.87.